The van der Waals surface area contributed by atoms with E-state index in [1.54, 1.807) is 4.52 Å². The third kappa shape index (κ3) is 3.16. The normalized spacial score (nSPS) is 12.4. The molecule has 0 saturated heterocycles. The van der Waals surface area contributed by atoms with Crippen molar-refractivity contribution in [1.29, 1.82) is 0 Å². The molecule has 2 aromatic heterocycles. The summed E-state index contributed by atoms with van der Waals surface area (Å²) in [7, 11) is 0. The zero-order valence-corrected chi connectivity index (χ0v) is 14.9. The maximum absolute atomic E-state index is 4.41. The number of hydrogen-bond acceptors (Lipinski definition) is 4. The Morgan fingerprint density at radius 1 is 0.923 bits per heavy atom. The molecule has 0 amide bonds. The molecule has 5 heteroatoms. The Hall–Kier alpha value is -3.21. The summed E-state index contributed by atoms with van der Waals surface area (Å²) in [5.41, 5.74) is 3.47. The van der Waals surface area contributed by atoms with Crippen LogP contribution in [0.1, 0.15) is 29.7 Å². The molecule has 1 N–H and O–H groups in total. The number of fused-ring (bicyclic) bond motifs is 1. The van der Waals surface area contributed by atoms with E-state index in [0.717, 1.165) is 11.5 Å². The third-order valence-electron chi connectivity index (χ3n) is 4.57. The highest BCUT2D eigenvalue weighted by Crippen LogP contribution is 2.29. The van der Waals surface area contributed by atoms with Crippen LogP contribution in [0.3, 0.4) is 0 Å². The summed E-state index contributed by atoms with van der Waals surface area (Å²) in [6, 6.07) is 23.3. The van der Waals surface area contributed by atoms with Gasteiger partial charge in [-0.25, -0.2) is 4.98 Å². The zero-order valence-electron chi connectivity index (χ0n) is 14.9. The molecule has 26 heavy (non-hydrogen) atoms. The summed E-state index contributed by atoms with van der Waals surface area (Å²) in [4.78, 5) is 8.62. The van der Waals surface area contributed by atoms with Gasteiger partial charge in [-0.3, -0.25) is 0 Å². The molecule has 0 spiro atoms. The summed E-state index contributed by atoms with van der Waals surface area (Å²) in [5.74, 6) is 1.72. The van der Waals surface area contributed by atoms with Gasteiger partial charge in [-0.05, 0) is 25.0 Å². The zero-order chi connectivity index (χ0) is 17.9. The third-order valence-corrected chi connectivity index (χ3v) is 4.57. The van der Waals surface area contributed by atoms with E-state index in [1.165, 1.54) is 17.5 Å². The molecule has 0 unspecified atom stereocenters. The lowest BCUT2D eigenvalue weighted by atomic mass is 9.86. The van der Waals surface area contributed by atoms with Crippen LogP contribution < -0.4 is 5.32 Å². The van der Waals surface area contributed by atoms with Crippen LogP contribution in [0.25, 0.3) is 5.78 Å². The van der Waals surface area contributed by atoms with Gasteiger partial charge in [0.15, 0.2) is 0 Å². The minimum absolute atomic E-state index is 0.147. The van der Waals surface area contributed by atoms with Gasteiger partial charge in [-0.15, -0.1) is 0 Å². The number of benzene rings is 2. The molecule has 0 radical (unpaired) electrons. The van der Waals surface area contributed by atoms with Crippen molar-refractivity contribution in [3.8, 4) is 0 Å². The van der Waals surface area contributed by atoms with E-state index in [2.05, 4.69) is 88.0 Å². The van der Waals surface area contributed by atoms with E-state index >= 15 is 0 Å². The smallest absolute Gasteiger partial charge is 0.254 e. The lowest BCUT2D eigenvalue weighted by Gasteiger charge is -2.27. The van der Waals surface area contributed by atoms with Crippen molar-refractivity contribution in [2.24, 2.45) is 0 Å². The van der Waals surface area contributed by atoms with E-state index in [4.69, 9.17) is 0 Å². The molecule has 0 bridgehead atoms. The predicted molar refractivity (Wildman–Crippen MR) is 103 cm³/mol. The summed E-state index contributed by atoms with van der Waals surface area (Å²) >= 11 is 0. The van der Waals surface area contributed by atoms with Crippen LogP contribution in [0.5, 0.6) is 0 Å². The van der Waals surface area contributed by atoms with Crippen LogP contribution in [0.2, 0.25) is 0 Å². The van der Waals surface area contributed by atoms with E-state index in [9.17, 15) is 0 Å². The average Bonchev–Trinajstić information content (AvgIpc) is 3.12. The van der Waals surface area contributed by atoms with Gasteiger partial charge < -0.3 is 5.32 Å². The average molecular weight is 343 g/mol. The Labute approximate surface area is 152 Å². The number of hydrogen-bond donors (Lipinski definition) is 1. The van der Waals surface area contributed by atoms with Crippen LogP contribution in [0.4, 0.5) is 5.82 Å². The first-order valence-electron chi connectivity index (χ1n) is 8.76. The molecule has 0 fully saturated rings. The van der Waals surface area contributed by atoms with Crippen molar-refractivity contribution in [3.05, 3.63) is 89.9 Å². The molecule has 0 aliphatic heterocycles. The molecular weight excluding hydrogens is 322 g/mol. The van der Waals surface area contributed by atoms with Gasteiger partial charge in [0.05, 0.1) is 0 Å². The van der Waals surface area contributed by atoms with E-state index < -0.39 is 0 Å². The van der Waals surface area contributed by atoms with Crippen LogP contribution in [0.15, 0.2) is 73.1 Å². The molecule has 2 heterocycles. The van der Waals surface area contributed by atoms with Crippen molar-refractivity contribution in [1.82, 2.24) is 19.6 Å². The molecule has 0 aliphatic rings. The first-order chi connectivity index (χ1) is 12.7. The molecule has 4 rings (SSSR count). The Bertz CT molecular complexity index is 955. The summed E-state index contributed by atoms with van der Waals surface area (Å²) in [6.07, 6.45) is 1.53. The molecule has 1 atom stereocenters. The first kappa shape index (κ1) is 16.3. The Morgan fingerprint density at radius 3 is 2.15 bits per heavy atom. The lowest BCUT2D eigenvalue weighted by molar-refractivity contribution is 0.677. The summed E-state index contributed by atoms with van der Waals surface area (Å²) in [5, 5.41) is 7.93. The quantitative estimate of drug-likeness (QED) is 0.593. The number of anilines is 1. The van der Waals surface area contributed by atoms with Gasteiger partial charge in [0.2, 0.25) is 0 Å². The topological polar surface area (TPSA) is 55.1 Å². The van der Waals surface area contributed by atoms with Gasteiger partial charge in [-0.1, -0.05) is 60.7 Å². The van der Waals surface area contributed by atoms with Crippen molar-refractivity contribution in [2.75, 3.05) is 5.32 Å². The fourth-order valence-corrected chi connectivity index (χ4v) is 3.44. The van der Waals surface area contributed by atoms with Crippen LogP contribution >= 0.6 is 0 Å². The molecule has 130 valence electrons. The maximum atomic E-state index is 4.41. The van der Waals surface area contributed by atoms with Gasteiger partial charge in [0, 0.05) is 23.7 Å². The van der Waals surface area contributed by atoms with Crippen LogP contribution in [-0.2, 0) is 0 Å². The Kier molecular flexibility index (Phi) is 4.35. The Balaban J connectivity index is 1.73. The minimum Gasteiger partial charge on any atom is -0.366 e. The number of aryl methyl sites for hydroxylation is 1. The molecule has 2 aromatic carbocycles. The maximum Gasteiger partial charge on any atom is 0.254 e. The molecule has 4 aromatic rings. The van der Waals surface area contributed by atoms with Crippen molar-refractivity contribution >= 4 is 11.6 Å². The SMILES string of the molecule is Cc1cc(N[C@H](C)C(c2ccccc2)c2ccccc2)n2ncnc2n1. The molecule has 5 nitrogen and oxygen atoms in total. The van der Waals surface area contributed by atoms with Crippen molar-refractivity contribution in [2.45, 2.75) is 25.8 Å². The van der Waals surface area contributed by atoms with Crippen LogP contribution in [0, 0.1) is 6.92 Å². The van der Waals surface area contributed by atoms with Crippen molar-refractivity contribution < 1.29 is 0 Å². The van der Waals surface area contributed by atoms with E-state index in [0.29, 0.717) is 5.78 Å². The number of rotatable bonds is 5. The van der Waals surface area contributed by atoms with Gasteiger partial charge in [0.1, 0.15) is 12.1 Å². The first-order valence-corrected chi connectivity index (χ1v) is 8.76. The lowest BCUT2D eigenvalue weighted by Crippen LogP contribution is -2.26. The summed E-state index contributed by atoms with van der Waals surface area (Å²) in [6.45, 7) is 4.17. The second-order valence-corrected chi connectivity index (χ2v) is 6.49. The van der Waals surface area contributed by atoms with Gasteiger partial charge >= 0.3 is 0 Å². The van der Waals surface area contributed by atoms with Crippen LogP contribution in [-0.4, -0.2) is 25.6 Å². The summed E-state index contributed by atoms with van der Waals surface area (Å²) < 4.78 is 1.75. The second kappa shape index (κ2) is 6.96. The predicted octanol–water partition coefficient (Wildman–Crippen LogP) is 4.07. The minimum atomic E-state index is 0.147. The fourth-order valence-electron chi connectivity index (χ4n) is 3.44. The van der Waals surface area contributed by atoms with E-state index in [-0.39, 0.29) is 12.0 Å². The highest BCUT2D eigenvalue weighted by atomic mass is 15.4. The number of nitrogens with zero attached hydrogens (tertiary/aromatic N) is 4. The van der Waals surface area contributed by atoms with Gasteiger partial charge in [0.25, 0.3) is 5.78 Å². The van der Waals surface area contributed by atoms with Gasteiger partial charge in [-0.2, -0.15) is 14.6 Å². The van der Waals surface area contributed by atoms with E-state index in [1.807, 2.05) is 13.0 Å². The largest absolute Gasteiger partial charge is 0.366 e. The monoisotopic (exact) mass is 343 g/mol. The number of nitrogens with one attached hydrogen (secondary N) is 1. The fraction of sp³-hybridized carbons (Fsp3) is 0.190. The highest BCUT2D eigenvalue weighted by Gasteiger charge is 2.22. The molecular formula is C21H21N5. The molecule has 0 aliphatic carbocycles. The number of aromatic nitrogens is 4. The Morgan fingerprint density at radius 2 is 1.54 bits per heavy atom. The molecule has 0 saturated carbocycles. The second-order valence-electron chi connectivity index (χ2n) is 6.49. The highest BCUT2D eigenvalue weighted by molar-refractivity contribution is 5.47. The standard InChI is InChI=1S/C21H21N5/c1-15-13-19(26-21(24-15)22-14-23-26)25-16(2)20(17-9-5-3-6-10-17)18-11-7-4-8-12-18/h3-14,16,20,25H,1-2H3/t16-/m1/s1. The van der Waals surface area contributed by atoms with Crippen molar-refractivity contribution in [3.63, 3.8) is 0 Å².